The first-order chi connectivity index (χ1) is 21.2. The molecule has 1 amide bonds. The molecule has 0 aliphatic carbocycles. The number of anilines is 2. The Morgan fingerprint density at radius 3 is 1.77 bits per heavy atom. The van der Waals surface area contributed by atoms with E-state index in [1.54, 1.807) is 23.0 Å². The Kier molecular flexibility index (Phi) is 8.76. The van der Waals surface area contributed by atoms with Crippen LogP contribution < -0.4 is 10.2 Å². The lowest BCUT2D eigenvalue weighted by atomic mass is 9.77. The van der Waals surface area contributed by atoms with E-state index < -0.39 is 22.1 Å². The highest BCUT2D eigenvalue weighted by Crippen LogP contribution is 2.40. The fourth-order valence-corrected chi connectivity index (χ4v) is 5.36. The summed E-state index contributed by atoms with van der Waals surface area (Å²) in [6, 6.07) is 38.6. The van der Waals surface area contributed by atoms with E-state index in [0.29, 0.717) is 12.2 Å². The number of aromatic nitrogens is 2. The van der Waals surface area contributed by atoms with Crippen LogP contribution in [0.25, 0.3) is 0 Å². The predicted octanol–water partition coefficient (Wildman–Crippen LogP) is 7.64. The van der Waals surface area contributed by atoms with Crippen molar-refractivity contribution in [2.24, 2.45) is 0 Å². The van der Waals surface area contributed by atoms with Crippen molar-refractivity contribution in [2.75, 3.05) is 16.8 Å². The average molecular weight is 590 g/mol. The molecule has 1 aromatic heterocycles. The molecule has 0 fully saturated rings. The first-order valence-corrected chi connectivity index (χ1v) is 14.4. The zero-order chi connectivity index (χ0) is 31.2. The Hall–Kier alpha value is -5.44. The molecule has 0 radical (unpaired) electrons. The third-order valence-electron chi connectivity index (χ3n) is 7.35. The van der Waals surface area contributed by atoms with Gasteiger partial charge in [0.1, 0.15) is 18.0 Å². The van der Waals surface area contributed by atoms with Gasteiger partial charge in [0, 0.05) is 29.4 Å². The Bertz CT molecular complexity index is 1590. The van der Waals surface area contributed by atoms with Gasteiger partial charge in [-0.05, 0) is 49.6 Å². The van der Waals surface area contributed by atoms with E-state index in [-0.39, 0.29) is 12.3 Å². The fourth-order valence-electron chi connectivity index (χ4n) is 5.36. The van der Waals surface area contributed by atoms with Gasteiger partial charge in [-0.1, -0.05) is 91.0 Å². The number of hydrogen-bond donors (Lipinski definition) is 1. The van der Waals surface area contributed by atoms with Crippen LogP contribution in [-0.2, 0) is 16.8 Å². The zero-order valence-electron chi connectivity index (χ0n) is 25.0. The minimum atomic E-state index is -0.739. The topological polar surface area (TPSA) is 103 Å². The zero-order valence-corrected chi connectivity index (χ0v) is 25.0. The number of non-ortho nitro benzene ring substituents is 1. The van der Waals surface area contributed by atoms with Crippen LogP contribution in [0.15, 0.2) is 128 Å². The summed E-state index contributed by atoms with van der Waals surface area (Å²) < 4.78 is 7.52. The summed E-state index contributed by atoms with van der Waals surface area (Å²) in [5.41, 5.74) is 2.25. The molecule has 0 unspecified atom stereocenters. The molecule has 0 spiro atoms. The van der Waals surface area contributed by atoms with E-state index in [1.807, 2.05) is 81.4 Å². The molecule has 4 aromatic carbocycles. The van der Waals surface area contributed by atoms with Crippen LogP contribution in [0.3, 0.4) is 0 Å². The summed E-state index contributed by atoms with van der Waals surface area (Å²) in [5, 5.41) is 19.5. The van der Waals surface area contributed by atoms with Crippen LogP contribution in [0.5, 0.6) is 0 Å². The molecule has 0 aliphatic heterocycles. The monoisotopic (exact) mass is 589 g/mol. The van der Waals surface area contributed by atoms with Crippen LogP contribution in [0.1, 0.15) is 37.5 Å². The molecule has 5 aromatic rings. The highest BCUT2D eigenvalue weighted by atomic mass is 16.6. The van der Waals surface area contributed by atoms with Gasteiger partial charge in [0.05, 0.1) is 17.7 Å². The highest BCUT2D eigenvalue weighted by molar-refractivity contribution is 5.89. The van der Waals surface area contributed by atoms with Gasteiger partial charge in [-0.25, -0.2) is 9.48 Å². The van der Waals surface area contributed by atoms with E-state index in [2.05, 4.69) is 46.8 Å². The van der Waals surface area contributed by atoms with Crippen molar-refractivity contribution in [3.63, 3.8) is 0 Å². The first-order valence-electron chi connectivity index (χ1n) is 14.4. The maximum absolute atomic E-state index is 13.3. The van der Waals surface area contributed by atoms with Crippen LogP contribution in [0, 0.1) is 10.1 Å². The minimum absolute atomic E-state index is 0.0488. The largest absolute Gasteiger partial charge is 0.447 e. The quantitative estimate of drug-likeness (QED) is 0.102. The van der Waals surface area contributed by atoms with Crippen LogP contribution in [0.4, 0.5) is 22.0 Å². The summed E-state index contributed by atoms with van der Waals surface area (Å²) in [5.74, 6) is 0.751. The maximum Gasteiger partial charge on any atom is 0.414 e. The maximum atomic E-state index is 13.3. The Balaban J connectivity index is 1.41. The summed E-state index contributed by atoms with van der Waals surface area (Å²) in [7, 11) is 0. The Morgan fingerprint density at radius 1 is 0.818 bits per heavy atom. The number of ether oxygens (including phenoxy) is 1. The van der Waals surface area contributed by atoms with Crippen LogP contribution >= 0.6 is 0 Å². The predicted molar refractivity (Wildman–Crippen MR) is 172 cm³/mol. The van der Waals surface area contributed by atoms with Gasteiger partial charge in [-0.15, -0.1) is 0 Å². The van der Waals surface area contributed by atoms with E-state index >= 15 is 0 Å². The molecule has 9 nitrogen and oxygen atoms in total. The normalized spacial score (nSPS) is 11.5. The van der Waals surface area contributed by atoms with Crippen molar-refractivity contribution >= 4 is 23.3 Å². The number of rotatable bonds is 10. The van der Waals surface area contributed by atoms with Gasteiger partial charge < -0.3 is 10.1 Å². The molecule has 9 heteroatoms. The molecule has 224 valence electrons. The third kappa shape index (κ3) is 6.32. The second kappa shape index (κ2) is 12.8. The Morgan fingerprint density at radius 2 is 1.32 bits per heavy atom. The minimum Gasteiger partial charge on any atom is -0.447 e. The highest BCUT2D eigenvalue weighted by Gasteiger charge is 2.37. The van der Waals surface area contributed by atoms with Crippen molar-refractivity contribution in [2.45, 2.75) is 38.4 Å². The van der Waals surface area contributed by atoms with Gasteiger partial charge in [-0.2, -0.15) is 5.10 Å². The second-order valence-corrected chi connectivity index (χ2v) is 11.3. The number of hydrogen-bond acceptors (Lipinski definition) is 6. The first kappa shape index (κ1) is 30.0. The van der Waals surface area contributed by atoms with E-state index in [9.17, 15) is 14.9 Å². The number of nitro benzene ring substituents is 1. The molecular formula is C35H35N5O4. The van der Waals surface area contributed by atoms with Crippen molar-refractivity contribution in [3.8, 4) is 0 Å². The van der Waals surface area contributed by atoms with Crippen molar-refractivity contribution in [3.05, 3.63) is 154 Å². The summed E-state index contributed by atoms with van der Waals surface area (Å²) in [6.07, 6.45) is 1.16. The Labute approximate surface area is 256 Å². The summed E-state index contributed by atoms with van der Waals surface area (Å²) in [6.45, 7) is 5.99. The average Bonchev–Trinajstić information content (AvgIpc) is 3.47. The second-order valence-electron chi connectivity index (χ2n) is 11.3. The van der Waals surface area contributed by atoms with Crippen molar-refractivity contribution in [1.82, 2.24) is 9.78 Å². The van der Waals surface area contributed by atoms with E-state index in [4.69, 9.17) is 4.74 Å². The number of nitrogens with zero attached hydrogens (tertiary/aromatic N) is 4. The smallest absolute Gasteiger partial charge is 0.414 e. The lowest BCUT2D eigenvalue weighted by Crippen LogP contribution is -2.46. The summed E-state index contributed by atoms with van der Waals surface area (Å²) >= 11 is 0. The van der Waals surface area contributed by atoms with Crippen LogP contribution in [0.2, 0.25) is 0 Å². The lowest BCUT2D eigenvalue weighted by Gasteiger charge is -2.37. The molecular weight excluding hydrogens is 554 g/mol. The fraction of sp³-hybridized carbons (Fsp3) is 0.200. The third-order valence-corrected chi connectivity index (χ3v) is 7.35. The van der Waals surface area contributed by atoms with Gasteiger partial charge in [-0.3, -0.25) is 15.0 Å². The van der Waals surface area contributed by atoms with Gasteiger partial charge in [0.25, 0.3) is 5.69 Å². The number of benzene rings is 4. The molecule has 0 saturated heterocycles. The van der Waals surface area contributed by atoms with E-state index in [0.717, 1.165) is 22.5 Å². The number of amides is 1. The van der Waals surface area contributed by atoms with Crippen LogP contribution in [-0.4, -0.2) is 32.9 Å². The van der Waals surface area contributed by atoms with Crippen molar-refractivity contribution in [1.29, 1.82) is 0 Å². The van der Waals surface area contributed by atoms with Gasteiger partial charge >= 0.3 is 6.09 Å². The molecule has 0 bridgehead atoms. The SMILES string of the molecule is CC(C)(C)N(C(=O)OCCn1nccc1NC(c1ccccc1)(c1ccccc1)c1ccccc1)c1ccc([N+](=O)[O-])cc1. The molecule has 0 atom stereocenters. The molecule has 44 heavy (non-hydrogen) atoms. The molecule has 1 N–H and O–H groups in total. The number of carbonyl (C=O) groups excluding carboxylic acids is 1. The number of carbonyl (C=O) groups is 1. The molecule has 0 saturated carbocycles. The molecule has 1 heterocycles. The number of nitrogens with one attached hydrogen (secondary N) is 1. The van der Waals surface area contributed by atoms with E-state index in [1.165, 1.54) is 17.0 Å². The lowest BCUT2D eigenvalue weighted by molar-refractivity contribution is -0.384. The number of nitro groups is 1. The molecule has 5 rings (SSSR count). The standard InChI is InChI=1S/C35H35N5O4/c1-34(2,3)39(30-19-21-31(22-20-30)40(42)43)33(41)44-26-25-38-32(23-24-36-38)37-35(27-13-7-4-8-14-27,28-15-9-5-10-16-28)29-17-11-6-12-18-29/h4-24,37H,25-26H2,1-3H3. The van der Waals surface area contributed by atoms with Crippen molar-refractivity contribution < 1.29 is 14.5 Å². The molecule has 0 aliphatic rings. The van der Waals surface area contributed by atoms with Gasteiger partial charge in [0.2, 0.25) is 0 Å². The van der Waals surface area contributed by atoms with Gasteiger partial charge in [0.15, 0.2) is 0 Å². The summed E-state index contributed by atoms with van der Waals surface area (Å²) in [4.78, 5) is 25.5.